The van der Waals surface area contributed by atoms with E-state index in [1.165, 1.54) is 18.1 Å². The zero-order chi connectivity index (χ0) is 20.4. The average molecular weight is 409 g/mol. The fourth-order valence-electron chi connectivity index (χ4n) is 2.91. The minimum absolute atomic E-state index is 0.320. The predicted octanol–water partition coefficient (Wildman–Crippen LogP) is 2.21. The summed E-state index contributed by atoms with van der Waals surface area (Å²) in [4.78, 5) is 13.7. The number of hydrogen-bond donors (Lipinski definition) is 2. The van der Waals surface area contributed by atoms with Crippen LogP contribution in [0, 0.1) is 17.2 Å². The van der Waals surface area contributed by atoms with Crippen molar-refractivity contribution in [3.05, 3.63) is 24.0 Å². The summed E-state index contributed by atoms with van der Waals surface area (Å²) in [5.41, 5.74) is 8.47. The highest BCUT2D eigenvalue weighted by atomic mass is 32.2. The molecule has 10 nitrogen and oxygen atoms in total. The third-order valence-corrected chi connectivity index (χ3v) is 5.34. The van der Waals surface area contributed by atoms with Gasteiger partial charge in [-0.25, -0.2) is 15.0 Å². The number of anilines is 1. The molecule has 0 aliphatic carbocycles. The number of nitriles is 1. The quantitative estimate of drug-likeness (QED) is 0.436. The first kappa shape index (κ1) is 19.1. The molecule has 1 aromatic carbocycles. The highest BCUT2D eigenvalue weighted by molar-refractivity contribution is 7.99. The number of imidazole rings is 1. The number of nitrogens with one attached hydrogen (secondary N) is 1. The first-order valence-corrected chi connectivity index (χ1v) is 9.90. The number of nitrogen functional groups attached to an aromatic ring is 1. The van der Waals surface area contributed by atoms with Crippen LogP contribution < -0.4 is 11.1 Å². The maximum atomic E-state index is 9.63. The Morgan fingerprint density at radius 1 is 1.34 bits per heavy atom. The molecule has 0 aliphatic rings. The number of benzene rings is 1. The summed E-state index contributed by atoms with van der Waals surface area (Å²) >= 11 is 1.35. The van der Waals surface area contributed by atoms with Crippen LogP contribution in [0.3, 0.4) is 0 Å². The Hall–Kier alpha value is -3.23. The molecule has 3 heterocycles. The molecular formula is C18H19N9OS. The normalized spacial score (nSPS) is 11.5. The van der Waals surface area contributed by atoms with Gasteiger partial charge >= 0.3 is 0 Å². The monoisotopic (exact) mass is 409 g/mol. The lowest BCUT2D eigenvalue weighted by molar-refractivity contribution is 0.423. The zero-order valence-electron chi connectivity index (χ0n) is 16.0. The van der Waals surface area contributed by atoms with Crippen molar-refractivity contribution in [3.8, 4) is 6.07 Å². The minimum atomic E-state index is 0.320. The Bertz CT molecular complexity index is 1210. The first-order chi connectivity index (χ1) is 14.1. The number of rotatable bonds is 7. The SMILES string of the molecule is CC(C)CNCCn1c(Sc2ccc3nnoc3c2C#N)nc2c(N)ncnc21. The number of fused-ring (bicyclic) bond motifs is 2. The number of nitrogens with two attached hydrogens (primary N) is 1. The van der Waals surface area contributed by atoms with E-state index in [4.69, 9.17) is 10.3 Å². The zero-order valence-corrected chi connectivity index (χ0v) is 16.8. The van der Waals surface area contributed by atoms with Crippen LogP contribution in [-0.2, 0) is 6.54 Å². The van der Waals surface area contributed by atoms with Crippen molar-refractivity contribution in [2.75, 3.05) is 18.8 Å². The number of hydrogen-bond acceptors (Lipinski definition) is 10. The smallest absolute Gasteiger partial charge is 0.206 e. The average Bonchev–Trinajstić information content (AvgIpc) is 3.30. The highest BCUT2D eigenvalue weighted by Crippen LogP contribution is 2.35. The first-order valence-electron chi connectivity index (χ1n) is 9.09. The summed E-state index contributed by atoms with van der Waals surface area (Å²) in [6.45, 7) is 6.63. The summed E-state index contributed by atoms with van der Waals surface area (Å²) in [5, 5.41) is 21.1. The van der Waals surface area contributed by atoms with Gasteiger partial charge in [0.15, 0.2) is 22.1 Å². The van der Waals surface area contributed by atoms with E-state index in [9.17, 15) is 5.26 Å². The van der Waals surface area contributed by atoms with Crippen LogP contribution in [0.1, 0.15) is 19.4 Å². The standard InChI is InChI=1S/C18H19N9OS/c1-10(2)8-21-5-6-27-17-14(16(20)22-9-23-17)24-18(27)29-13-4-3-12-15(11(13)7-19)28-26-25-12/h3-4,9-10,21H,5-6,8H2,1-2H3,(H2,20,22,23). The van der Waals surface area contributed by atoms with E-state index in [2.05, 4.69) is 50.6 Å². The van der Waals surface area contributed by atoms with E-state index in [0.29, 0.717) is 56.2 Å². The van der Waals surface area contributed by atoms with Crippen LogP contribution in [0.25, 0.3) is 22.3 Å². The van der Waals surface area contributed by atoms with Crippen molar-refractivity contribution >= 4 is 39.8 Å². The summed E-state index contributed by atoms with van der Waals surface area (Å²) in [6, 6.07) is 5.75. The topological polar surface area (TPSA) is 144 Å². The molecule has 0 saturated heterocycles. The third-order valence-electron chi connectivity index (χ3n) is 4.28. The Kier molecular flexibility index (Phi) is 5.28. The molecule has 29 heavy (non-hydrogen) atoms. The van der Waals surface area contributed by atoms with Gasteiger partial charge in [-0.15, -0.1) is 5.10 Å². The van der Waals surface area contributed by atoms with E-state index in [1.807, 2.05) is 10.6 Å². The maximum absolute atomic E-state index is 9.63. The molecule has 4 rings (SSSR count). The Morgan fingerprint density at radius 3 is 3.00 bits per heavy atom. The molecule has 0 fully saturated rings. The van der Waals surface area contributed by atoms with Gasteiger partial charge in [0.25, 0.3) is 0 Å². The van der Waals surface area contributed by atoms with Crippen molar-refractivity contribution < 1.29 is 4.52 Å². The van der Waals surface area contributed by atoms with E-state index in [1.54, 1.807) is 6.07 Å². The van der Waals surface area contributed by atoms with Crippen LogP contribution in [0.15, 0.2) is 33.0 Å². The second-order valence-corrected chi connectivity index (χ2v) is 7.86. The minimum Gasteiger partial charge on any atom is -0.382 e. The summed E-state index contributed by atoms with van der Waals surface area (Å²) in [6.07, 6.45) is 1.43. The largest absolute Gasteiger partial charge is 0.382 e. The van der Waals surface area contributed by atoms with Crippen molar-refractivity contribution in [1.29, 1.82) is 5.26 Å². The van der Waals surface area contributed by atoms with Crippen LogP contribution in [0.4, 0.5) is 5.82 Å². The number of nitrogens with zero attached hydrogens (tertiary/aromatic N) is 7. The second-order valence-electron chi connectivity index (χ2n) is 6.85. The molecule has 0 aliphatic heterocycles. The third kappa shape index (κ3) is 3.72. The van der Waals surface area contributed by atoms with Crippen LogP contribution in [-0.4, -0.2) is 43.0 Å². The van der Waals surface area contributed by atoms with Crippen LogP contribution in [0.5, 0.6) is 0 Å². The van der Waals surface area contributed by atoms with Gasteiger partial charge in [0.05, 0.1) is 0 Å². The Labute approximate surface area is 170 Å². The molecule has 0 bridgehead atoms. The van der Waals surface area contributed by atoms with E-state index in [-0.39, 0.29) is 0 Å². The molecule has 0 radical (unpaired) electrons. The van der Waals surface area contributed by atoms with Gasteiger partial charge in [-0.2, -0.15) is 5.26 Å². The van der Waals surface area contributed by atoms with Crippen molar-refractivity contribution in [1.82, 2.24) is 35.2 Å². The summed E-state index contributed by atoms with van der Waals surface area (Å²) in [5.74, 6) is 0.878. The van der Waals surface area contributed by atoms with Crippen LogP contribution >= 0.6 is 11.8 Å². The lowest BCUT2D eigenvalue weighted by Gasteiger charge is -2.11. The second kappa shape index (κ2) is 8.02. The summed E-state index contributed by atoms with van der Waals surface area (Å²) in [7, 11) is 0. The highest BCUT2D eigenvalue weighted by Gasteiger charge is 2.19. The van der Waals surface area contributed by atoms with Gasteiger partial charge in [-0.05, 0) is 24.6 Å². The van der Waals surface area contributed by atoms with Crippen LogP contribution in [0.2, 0.25) is 0 Å². The van der Waals surface area contributed by atoms with Crippen molar-refractivity contribution in [3.63, 3.8) is 0 Å². The van der Waals surface area contributed by atoms with Crippen molar-refractivity contribution in [2.45, 2.75) is 30.4 Å². The lowest BCUT2D eigenvalue weighted by atomic mass is 10.2. The molecule has 148 valence electrons. The molecule has 4 aromatic rings. The lowest BCUT2D eigenvalue weighted by Crippen LogP contribution is -2.24. The molecular weight excluding hydrogens is 390 g/mol. The predicted molar refractivity (Wildman–Crippen MR) is 108 cm³/mol. The van der Waals surface area contributed by atoms with Gasteiger partial charge < -0.3 is 20.1 Å². The molecule has 11 heteroatoms. The maximum Gasteiger partial charge on any atom is 0.206 e. The molecule has 0 amide bonds. The Morgan fingerprint density at radius 2 is 2.21 bits per heavy atom. The molecule has 0 atom stereocenters. The van der Waals surface area contributed by atoms with Gasteiger partial charge in [0.2, 0.25) is 5.58 Å². The van der Waals surface area contributed by atoms with E-state index >= 15 is 0 Å². The van der Waals surface area contributed by atoms with Gasteiger partial charge in [-0.3, -0.25) is 0 Å². The van der Waals surface area contributed by atoms with E-state index < -0.39 is 0 Å². The molecule has 3 N–H and O–H groups in total. The fourth-order valence-corrected chi connectivity index (χ4v) is 3.91. The van der Waals surface area contributed by atoms with Crippen molar-refractivity contribution in [2.24, 2.45) is 5.92 Å². The summed E-state index contributed by atoms with van der Waals surface area (Å²) < 4.78 is 7.13. The fraction of sp³-hybridized carbons (Fsp3) is 0.333. The van der Waals surface area contributed by atoms with Gasteiger partial charge in [0, 0.05) is 23.3 Å². The molecule has 3 aromatic heterocycles. The molecule has 0 spiro atoms. The van der Waals surface area contributed by atoms with Gasteiger partial charge in [0.1, 0.15) is 23.5 Å². The van der Waals surface area contributed by atoms with Gasteiger partial charge in [-0.1, -0.05) is 25.6 Å². The number of aromatic nitrogens is 6. The Balaban J connectivity index is 1.72. The molecule has 0 unspecified atom stereocenters. The van der Waals surface area contributed by atoms with E-state index in [0.717, 1.165) is 13.1 Å². The molecule has 0 saturated carbocycles.